The fraction of sp³-hybridized carbons (Fsp3) is 0.469. The highest BCUT2D eigenvalue weighted by molar-refractivity contribution is 5.93. The van der Waals surface area contributed by atoms with Gasteiger partial charge < -0.3 is 19.4 Å². The number of likely N-dealkylation sites (N-methyl/N-ethyl adjacent to an activating group) is 1. The number of carbonyl (C=O) groups excluding carboxylic acids is 1. The molecule has 3 aliphatic rings. The van der Waals surface area contributed by atoms with Crippen LogP contribution in [0.15, 0.2) is 43.2 Å². The lowest BCUT2D eigenvalue weighted by Crippen LogP contribution is -2.55. The summed E-state index contributed by atoms with van der Waals surface area (Å²) in [6.45, 7) is 6.84. The van der Waals surface area contributed by atoms with Crippen molar-refractivity contribution in [3.63, 3.8) is 0 Å². The molecule has 212 valence electrons. The van der Waals surface area contributed by atoms with Crippen LogP contribution in [0.1, 0.15) is 43.2 Å². The first-order chi connectivity index (χ1) is 20.1. The zero-order valence-corrected chi connectivity index (χ0v) is 23.8. The number of nitrogens with zero attached hydrogens (tertiary/aromatic N) is 7. The number of ether oxygens (including phenoxy) is 1. The summed E-state index contributed by atoms with van der Waals surface area (Å²) in [4.78, 5) is 33.1. The van der Waals surface area contributed by atoms with E-state index in [-0.39, 0.29) is 18.4 Å². The van der Waals surface area contributed by atoms with Gasteiger partial charge in [-0.25, -0.2) is 0 Å². The molecule has 0 bridgehead atoms. The second-order valence-corrected chi connectivity index (χ2v) is 11.4. The van der Waals surface area contributed by atoms with E-state index in [0.29, 0.717) is 38.3 Å². The molecule has 1 amide bonds. The Labute approximate surface area is 241 Å². The summed E-state index contributed by atoms with van der Waals surface area (Å²) in [6.07, 6.45) is 12.4. The molecule has 0 unspecified atom stereocenters. The molecule has 2 aliphatic heterocycles. The fourth-order valence-electron chi connectivity index (χ4n) is 6.57. The Morgan fingerprint density at radius 1 is 1.15 bits per heavy atom. The summed E-state index contributed by atoms with van der Waals surface area (Å²) in [5.74, 6) is 0.629. The minimum absolute atomic E-state index is 0.147. The summed E-state index contributed by atoms with van der Waals surface area (Å²) < 4.78 is 6.25. The Morgan fingerprint density at radius 3 is 2.83 bits per heavy atom. The van der Waals surface area contributed by atoms with E-state index < -0.39 is 0 Å². The summed E-state index contributed by atoms with van der Waals surface area (Å²) in [6, 6.07) is 9.07. The Balaban J connectivity index is 1.38. The van der Waals surface area contributed by atoms with E-state index in [1.165, 1.54) is 42.0 Å². The van der Waals surface area contributed by atoms with Gasteiger partial charge in [-0.05, 0) is 87.0 Å². The van der Waals surface area contributed by atoms with Gasteiger partial charge in [0.1, 0.15) is 12.4 Å². The predicted molar refractivity (Wildman–Crippen MR) is 159 cm³/mol. The highest BCUT2D eigenvalue weighted by Crippen LogP contribution is 2.35. The second kappa shape index (κ2) is 11.8. The summed E-state index contributed by atoms with van der Waals surface area (Å²) in [7, 11) is 2.13. The predicted octanol–water partition coefficient (Wildman–Crippen LogP) is 4.16. The first-order valence-electron chi connectivity index (χ1n) is 14.7. The average Bonchev–Trinajstić information content (AvgIpc) is 3.43. The lowest BCUT2D eigenvalue weighted by Gasteiger charge is -2.41. The molecule has 41 heavy (non-hydrogen) atoms. The maximum absolute atomic E-state index is 12.5. The standard InChI is InChI=1S/C32H37N7O2/c1-3-30(40)39-16-15-38(20-24(39)12-13-33)31-27-11-10-22(28-19-34-18-23-7-4-5-9-26(23)28)17-29(27)35-32(36-31)41-21-25-8-6-14-37(25)2/h3,10-11,17-19,24-25H,1,4-9,12,14-16,20-21H2,2H3/t24-,25-/m0/s1. The van der Waals surface area contributed by atoms with Gasteiger partial charge in [0.25, 0.3) is 0 Å². The van der Waals surface area contributed by atoms with Gasteiger partial charge in [0, 0.05) is 49.0 Å². The molecule has 0 N–H and O–H groups in total. The molecular formula is C32H37N7O2. The Bertz CT molecular complexity index is 1500. The molecule has 0 radical (unpaired) electrons. The van der Waals surface area contributed by atoms with E-state index in [1.54, 1.807) is 4.90 Å². The first-order valence-corrected chi connectivity index (χ1v) is 14.7. The Morgan fingerprint density at radius 2 is 2.02 bits per heavy atom. The lowest BCUT2D eigenvalue weighted by molar-refractivity contribution is -0.128. The number of fused-ring (bicyclic) bond motifs is 2. The van der Waals surface area contributed by atoms with Gasteiger partial charge in [0.2, 0.25) is 5.91 Å². The van der Waals surface area contributed by atoms with E-state index in [0.717, 1.165) is 48.1 Å². The molecule has 1 aromatic carbocycles. The van der Waals surface area contributed by atoms with Crippen molar-refractivity contribution in [1.82, 2.24) is 24.8 Å². The van der Waals surface area contributed by atoms with Crippen LogP contribution in [-0.4, -0.2) is 82.6 Å². The summed E-state index contributed by atoms with van der Waals surface area (Å²) >= 11 is 0. The van der Waals surface area contributed by atoms with Crippen molar-refractivity contribution in [2.45, 2.75) is 57.0 Å². The van der Waals surface area contributed by atoms with Crippen molar-refractivity contribution in [3.8, 4) is 23.2 Å². The SMILES string of the molecule is C=CC(=O)N1CCN(c2nc(OC[C@@H]3CCCN3C)nc3cc(-c4cncc5c4CCCC5)ccc23)C[C@@H]1CC#N. The van der Waals surface area contributed by atoms with Gasteiger partial charge in [0.05, 0.1) is 24.0 Å². The number of anilines is 1. The number of benzene rings is 1. The van der Waals surface area contributed by atoms with Crippen molar-refractivity contribution < 1.29 is 9.53 Å². The number of nitriles is 1. The maximum Gasteiger partial charge on any atom is 0.319 e. The molecule has 9 nitrogen and oxygen atoms in total. The number of aryl methyl sites for hydroxylation is 1. The van der Waals surface area contributed by atoms with Crippen LogP contribution in [0, 0.1) is 11.3 Å². The van der Waals surface area contributed by atoms with Gasteiger partial charge in [-0.2, -0.15) is 15.2 Å². The maximum atomic E-state index is 12.5. The molecule has 3 aromatic rings. The van der Waals surface area contributed by atoms with E-state index in [1.807, 2.05) is 12.4 Å². The molecule has 2 fully saturated rings. The smallest absolute Gasteiger partial charge is 0.319 e. The summed E-state index contributed by atoms with van der Waals surface area (Å²) in [5.41, 5.74) is 5.82. The molecule has 4 heterocycles. The Hall–Kier alpha value is -4.03. The van der Waals surface area contributed by atoms with Crippen molar-refractivity contribution in [2.75, 3.05) is 44.7 Å². The normalized spacial score (nSPS) is 21.0. The number of hydrogen-bond donors (Lipinski definition) is 0. The minimum Gasteiger partial charge on any atom is -0.462 e. The van der Waals surface area contributed by atoms with Crippen molar-refractivity contribution >= 4 is 22.6 Å². The van der Waals surface area contributed by atoms with Crippen LogP contribution in [-0.2, 0) is 17.6 Å². The number of rotatable bonds is 7. The molecular weight excluding hydrogens is 514 g/mol. The molecule has 2 saturated heterocycles. The topological polar surface area (TPSA) is 98.5 Å². The van der Waals surface area contributed by atoms with Crippen LogP contribution >= 0.6 is 0 Å². The number of likely N-dealkylation sites (tertiary alicyclic amines) is 1. The summed E-state index contributed by atoms with van der Waals surface area (Å²) in [5, 5.41) is 10.4. The molecule has 6 rings (SSSR count). The molecule has 2 aromatic heterocycles. The fourth-order valence-corrected chi connectivity index (χ4v) is 6.57. The van der Waals surface area contributed by atoms with Gasteiger partial charge in [0.15, 0.2) is 0 Å². The van der Waals surface area contributed by atoms with Crippen LogP contribution in [0.5, 0.6) is 6.01 Å². The molecule has 2 atom stereocenters. The Kier molecular flexibility index (Phi) is 7.84. The zero-order chi connectivity index (χ0) is 28.3. The lowest BCUT2D eigenvalue weighted by atomic mass is 9.87. The van der Waals surface area contributed by atoms with E-state index in [9.17, 15) is 10.1 Å². The van der Waals surface area contributed by atoms with Crippen molar-refractivity contribution in [2.24, 2.45) is 0 Å². The molecule has 0 saturated carbocycles. The van der Waals surface area contributed by atoms with Crippen LogP contribution in [0.3, 0.4) is 0 Å². The molecule has 0 spiro atoms. The second-order valence-electron chi connectivity index (χ2n) is 11.4. The third-order valence-electron chi connectivity index (χ3n) is 8.88. The molecule has 1 aliphatic carbocycles. The minimum atomic E-state index is -0.248. The van der Waals surface area contributed by atoms with Crippen LogP contribution in [0.25, 0.3) is 22.0 Å². The van der Waals surface area contributed by atoms with Crippen molar-refractivity contribution in [3.05, 3.63) is 54.4 Å². The third-order valence-corrected chi connectivity index (χ3v) is 8.88. The van der Waals surface area contributed by atoms with Crippen LogP contribution < -0.4 is 9.64 Å². The number of carbonyl (C=O) groups is 1. The highest BCUT2D eigenvalue weighted by Gasteiger charge is 2.31. The first kappa shape index (κ1) is 27.2. The van der Waals surface area contributed by atoms with E-state index in [2.05, 4.69) is 52.7 Å². The molecule has 9 heteroatoms. The average molecular weight is 552 g/mol. The number of amides is 1. The quantitative estimate of drug-likeness (QED) is 0.404. The highest BCUT2D eigenvalue weighted by atomic mass is 16.5. The largest absolute Gasteiger partial charge is 0.462 e. The van der Waals surface area contributed by atoms with Crippen molar-refractivity contribution in [1.29, 1.82) is 5.26 Å². The zero-order valence-electron chi connectivity index (χ0n) is 23.8. The monoisotopic (exact) mass is 551 g/mol. The van der Waals surface area contributed by atoms with Gasteiger partial charge in [-0.15, -0.1) is 0 Å². The van der Waals surface area contributed by atoms with Crippen LogP contribution in [0.2, 0.25) is 0 Å². The third kappa shape index (κ3) is 5.49. The number of aromatic nitrogens is 3. The van der Waals surface area contributed by atoms with Crippen LogP contribution in [0.4, 0.5) is 5.82 Å². The number of hydrogen-bond acceptors (Lipinski definition) is 8. The van der Waals surface area contributed by atoms with Gasteiger partial charge in [-0.3, -0.25) is 9.78 Å². The number of pyridine rings is 1. The van der Waals surface area contributed by atoms with E-state index in [4.69, 9.17) is 14.7 Å². The van der Waals surface area contributed by atoms with Gasteiger partial charge in [-0.1, -0.05) is 12.6 Å². The van der Waals surface area contributed by atoms with Gasteiger partial charge >= 0.3 is 6.01 Å². The van der Waals surface area contributed by atoms with E-state index >= 15 is 0 Å². The number of piperazine rings is 1.